The van der Waals surface area contributed by atoms with Crippen LogP contribution in [-0.2, 0) is 5.41 Å². The van der Waals surface area contributed by atoms with Crippen LogP contribution in [0.4, 0.5) is 11.4 Å². The van der Waals surface area contributed by atoms with E-state index in [1.807, 2.05) is 12.1 Å². The van der Waals surface area contributed by atoms with Gasteiger partial charge in [0, 0.05) is 42.6 Å². The Labute approximate surface area is 200 Å². The smallest absolute Gasteiger partial charge is 0.335 e. The summed E-state index contributed by atoms with van der Waals surface area (Å²) in [5.74, 6) is -0.899. The maximum absolute atomic E-state index is 11.6. The third-order valence-electron chi connectivity index (χ3n) is 7.08. The Morgan fingerprint density at radius 3 is 1.97 bits per heavy atom. The minimum Gasteiger partial charge on any atom is -0.478 e. The van der Waals surface area contributed by atoms with Crippen molar-refractivity contribution in [1.29, 1.82) is 0 Å². The monoisotopic (exact) mass is 449 g/mol. The summed E-state index contributed by atoms with van der Waals surface area (Å²) in [7, 11) is 6.25. The fraction of sp³-hybridized carbons (Fsp3) is 0.200. The molecule has 1 heterocycles. The number of hydrogen-bond donors (Lipinski definition) is 1. The lowest BCUT2D eigenvalue weighted by Gasteiger charge is -2.21. The van der Waals surface area contributed by atoms with E-state index in [1.54, 1.807) is 6.07 Å². The van der Waals surface area contributed by atoms with E-state index in [2.05, 4.69) is 105 Å². The fourth-order valence-electron chi connectivity index (χ4n) is 5.43. The van der Waals surface area contributed by atoms with E-state index in [9.17, 15) is 9.90 Å². The molecular weight excluding hydrogens is 420 g/mol. The Morgan fingerprint density at radius 1 is 0.882 bits per heavy atom. The van der Waals surface area contributed by atoms with Crippen LogP contribution in [0.2, 0.25) is 0 Å². The summed E-state index contributed by atoms with van der Waals surface area (Å²) >= 11 is 0. The number of carboxylic acid groups (broad SMARTS) is 1. The minimum atomic E-state index is -0.899. The molecular formula is C30H29N2O2+. The second-order valence-electron chi connectivity index (χ2n) is 9.69. The van der Waals surface area contributed by atoms with Crippen LogP contribution in [0, 0.1) is 0 Å². The van der Waals surface area contributed by atoms with Crippen LogP contribution in [-0.4, -0.2) is 42.5 Å². The van der Waals surface area contributed by atoms with Crippen LogP contribution < -0.4 is 4.90 Å². The van der Waals surface area contributed by atoms with Crippen molar-refractivity contribution in [3.63, 3.8) is 0 Å². The third kappa shape index (κ3) is 3.21. The van der Waals surface area contributed by atoms with Crippen LogP contribution in [0.15, 0.2) is 72.8 Å². The molecule has 0 spiro atoms. The molecule has 0 aromatic heterocycles. The number of carbonyl (C=O) groups is 1. The highest BCUT2D eigenvalue weighted by molar-refractivity contribution is 6.18. The Balaban J connectivity index is 1.72. The van der Waals surface area contributed by atoms with Crippen molar-refractivity contribution in [2.24, 2.45) is 0 Å². The molecule has 0 saturated carbocycles. The van der Waals surface area contributed by atoms with Gasteiger partial charge in [-0.15, -0.1) is 0 Å². The van der Waals surface area contributed by atoms with E-state index in [0.29, 0.717) is 5.56 Å². The molecule has 170 valence electrons. The van der Waals surface area contributed by atoms with Crippen molar-refractivity contribution in [2.45, 2.75) is 19.3 Å². The highest BCUT2D eigenvalue weighted by Crippen LogP contribution is 2.42. The average molecular weight is 450 g/mol. The number of hydrogen-bond acceptors (Lipinski definition) is 2. The number of allylic oxidation sites excluding steroid dienone is 1. The molecule has 4 heteroatoms. The number of carboxylic acids is 1. The minimum absolute atomic E-state index is 0.318. The highest BCUT2D eigenvalue weighted by Gasteiger charge is 2.43. The third-order valence-corrected chi connectivity index (χ3v) is 7.08. The number of nitrogens with zero attached hydrogens (tertiary/aromatic N) is 2. The van der Waals surface area contributed by atoms with Gasteiger partial charge in [0.15, 0.2) is 5.71 Å². The molecule has 1 N–H and O–H groups in total. The molecule has 0 saturated heterocycles. The molecule has 4 aromatic carbocycles. The quantitative estimate of drug-likeness (QED) is 0.287. The Hall–Kier alpha value is -3.92. The number of anilines is 1. The van der Waals surface area contributed by atoms with Gasteiger partial charge in [-0.3, -0.25) is 0 Å². The number of fused-ring (bicyclic) bond motifs is 3. The lowest BCUT2D eigenvalue weighted by atomic mass is 9.80. The number of benzene rings is 4. The number of aromatic carboxylic acids is 1. The molecule has 0 unspecified atom stereocenters. The van der Waals surface area contributed by atoms with Gasteiger partial charge in [-0.05, 0) is 48.4 Å². The first-order valence-corrected chi connectivity index (χ1v) is 11.5. The van der Waals surface area contributed by atoms with E-state index in [1.165, 1.54) is 32.8 Å². The van der Waals surface area contributed by atoms with Crippen LogP contribution in [0.25, 0.3) is 27.6 Å². The summed E-state index contributed by atoms with van der Waals surface area (Å²) in [5.41, 5.74) is 5.64. The van der Waals surface area contributed by atoms with Crippen molar-refractivity contribution < 1.29 is 14.5 Å². The molecule has 5 rings (SSSR count). The van der Waals surface area contributed by atoms with Crippen LogP contribution in [0.3, 0.4) is 0 Å². The summed E-state index contributed by atoms with van der Waals surface area (Å²) in [6.45, 7) is 4.32. The molecule has 0 atom stereocenters. The molecule has 0 aliphatic carbocycles. The second kappa shape index (κ2) is 7.84. The first kappa shape index (κ1) is 21.9. The van der Waals surface area contributed by atoms with E-state index in [0.717, 1.165) is 17.0 Å². The first-order chi connectivity index (χ1) is 16.2. The van der Waals surface area contributed by atoms with Gasteiger partial charge >= 0.3 is 5.97 Å². The van der Waals surface area contributed by atoms with Crippen LogP contribution in [0.1, 0.15) is 35.3 Å². The zero-order valence-corrected chi connectivity index (χ0v) is 20.3. The van der Waals surface area contributed by atoms with Gasteiger partial charge in [-0.2, -0.15) is 4.58 Å². The van der Waals surface area contributed by atoms with Crippen LogP contribution in [0.5, 0.6) is 0 Å². The largest absolute Gasteiger partial charge is 0.478 e. The van der Waals surface area contributed by atoms with Gasteiger partial charge in [0.2, 0.25) is 5.69 Å². The fourth-order valence-corrected chi connectivity index (χ4v) is 5.43. The molecule has 34 heavy (non-hydrogen) atoms. The van der Waals surface area contributed by atoms with Gasteiger partial charge in [0.25, 0.3) is 0 Å². The SMILES string of the molecule is CN(C)c1c2ccccc2c(/C=C/C2=[N+](C)c3ccc(C(=O)O)cc3C2(C)C)c2ccccc12. The molecule has 0 bridgehead atoms. The van der Waals surface area contributed by atoms with Gasteiger partial charge < -0.3 is 10.0 Å². The summed E-state index contributed by atoms with van der Waals surface area (Å²) in [4.78, 5) is 13.8. The molecule has 0 amide bonds. The molecule has 1 aliphatic heterocycles. The van der Waals surface area contributed by atoms with Crippen LogP contribution >= 0.6 is 0 Å². The predicted molar refractivity (Wildman–Crippen MR) is 142 cm³/mol. The van der Waals surface area contributed by atoms with E-state index >= 15 is 0 Å². The number of rotatable bonds is 4. The zero-order valence-electron chi connectivity index (χ0n) is 20.3. The van der Waals surface area contributed by atoms with Crippen molar-refractivity contribution in [3.05, 3.63) is 89.5 Å². The van der Waals surface area contributed by atoms with Crippen molar-refractivity contribution >= 4 is 50.7 Å². The molecule has 4 nitrogen and oxygen atoms in total. The zero-order chi connectivity index (χ0) is 24.2. The molecule has 4 aromatic rings. The lowest BCUT2D eigenvalue weighted by molar-refractivity contribution is -0.401. The van der Waals surface area contributed by atoms with Gasteiger partial charge in [-0.1, -0.05) is 48.5 Å². The maximum atomic E-state index is 11.6. The highest BCUT2D eigenvalue weighted by atomic mass is 16.4. The average Bonchev–Trinajstić information content (AvgIpc) is 3.01. The standard InChI is InChI=1S/C30H28N2O2/c1-30(2)25-18-19(29(33)34)14-16-26(25)32(5)27(30)17-15-22-20-10-6-8-12-23(20)28(31(3)4)24-13-9-7-11-21(22)24/h6-18H,1-5H3/p+1. The van der Waals surface area contributed by atoms with Crippen molar-refractivity contribution in [1.82, 2.24) is 0 Å². The van der Waals surface area contributed by atoms with Gasteiger partial charge in [0.1, 0.15) is 7.05 Å². The first-order valence-electron chi connectivity index (χ1n) is 11.5. The van der Waals surface area contributed by atoms with Crippen molar-refractivity contribution in [3.8, 4) is 0 Å². The Bertz CT molecular complexity index is 1480. The van der Waals surface area contributed by atoms with Gasteiger partial charge in [-0.25, -0.2) is 4.79 Å². The maximum Gasteiger partial charge on any atom is 0.335 e. The second-order valence-corrected chi connectivity index (χ2v) is 9.69. The van der Waals surface area contributed by atoms with Crippen molar-refractivity contribution in [2.75, 3.05) is 26.0 Å². The topological polar surface area (TPSA) is 43.5 Å². The van der Waals surface area contributed by atoms with E-state index in [4.69, 9.17) is 0 Å². The lowest BCUT2D eigenvalue weighted by Crippen LogP contribution is -2.26. The van der Waals surface area contributed by atoms with E-state index in [-0.39, 0.29) is 5.41 Å². The predicted octanol–water partition coefficient (Wildman–Crippen LogP) is 6.48. The summed E-state index contributed by atoms with van der Waals surface area (Å²) in [5, 5.41) is 14.4. The summed E-state index contributed by atoms with van der Waals surface area (Å²) < 4.78 is 2.18. The molecule has 0 fully saturated rings. The summed E-state index contributed by atoms with van der Waals surface area (Å²) in [6.07, 6.45) is 4.42. The van der Waals surface area contributed by atoms with Gasteiger partial charge in [0.05, 0.1) is 16.7 Å². The Kier molecular flexibility index (Phi) is 5.05. The normalized spacial score (nSPS) is 14.9. The molecule has 0 radical (unpaired) electrons. The summed E-state index contributed by atoms with van der Waals surface area (Å²) in [6, 6.07) is 22.5. The Morgan fingerprint density at radius 2 is 1.44 bits per heavy atom. The van der Waals surface area contributed by atoms with E-state index < -0.39 is 5.97 Å². The molecule has 1 aliphatic rings.